The van der Waals surface area contributed by atoms with Crippen molar-refractivity contribution in [2.45, 2.75) is 31.0 Å². The molecule has 0 saturated heterocycles. The average molecular weight is 513 g/mol. The van der Waals surface area contributed by atoms with Crippen LogP contribution < -0.4 is 9.47 Å². The Morgan fingerprint density at radius 2 is 1.89 bits per heavy atom. The summed E-state index contributed by atoms with van der Waals surface area (Å²) < 4.78 is 66.0. The molecule has 4 heterocycles. The second-order valence-corrected chi connectivity index (χ2v) is 8.75. The molecule has 6 rings (SSSR count). The molecule has 5 aromatic rings. The van der Waals surface area contributed by atoms with Gasteiger partial charge < -0.3 is 9.47 Å². The normalized spacial score (nSPS) is 17.5. The molecule has 1 aliphatic rings. The van der Waals surface area contributed by atoms with Crippen LogP contribution in [0.2, 0.25) is 0 Å². The molecule has 190 valence electrons. The third-order valence-corrected chi connectivity index (χ3v) is 6.45. The molecule has 2 atom stereocenters. The first-order valence-electron chi connectivity index (χ1n) is 11.3. The summed E-state index contributed by atoms with van der Waals surface area (Å²) in [4.78, 5) is 12.9. The highest BCUT2D eigenvalue weighted by Crippen LogP contribution is 2.56. The van der Waals surface area contributed by atoms with Crippen molar-refractivity contribution in [3.05, 3.63) is 59.9 Å². The molecule has 0 N–H and O–H groups in total. The van der Waals surface area contributed by atoms with Gasteiger partial charge >= 0.3 is 12.2 Å². The van der Waals surface area contributed by atoms with Crippen LogP contribution in [0, 0.1) is 5.95 Å². The Morgan fingerprint density at radius 1 is 1.05 bits per heavy atom. The van der Waals surface area contributed by atoms with E-state index in [0.29, 0.717) is 27.5 Å². The van der Waals surface area contributed by atoms with E-state index in [1.165, 1.54) is 20.3 Å². The van der Waals surface area contributed by atoms with Gasteiger partial charge in [0, 0.05) is 24.2 Å². The third kappa shape index (κ3) is 4.09. The summed E-state index contributed by atoms with van der Waals surface area (Å²) in [5.74, 6) is -0.598. The lowest BCUT2D eigenvalue weighted by atomic mass is 10.0. The number of methoxy groups -OCH3 is 2. The van der Waals surface area contributed by atoms with E-state index < -0.39 is 18.7 Å². The summed E-state index contributed by atoms with van der Waals surface area (Å²) in [6.45, 7) is -1.36. The van der Waals surface area contributed by atoms with Gasteiger partial charge in [0.2, 0.25) is 11.8 Å². The largest absolute Gasteiger partial charge is 0.480 e. The van der Waals surface area contributed by atoms with Gasteiger partial charge in [0.1, 0.15) is 6.54 Å². The lowest BCUT2D eigenvalue weighted by Crippen LogP contribution is -2.18. The van der Waals surface area contributed by atoms with Gasteiger partial charge in [-0.15, -0.1) is 5.10 Å². The van der Waals surface area contributed by atoms with E-state index in [4.69, 9.17) is 9.47 Å². The van der Waals surface area contributed by atoms with Gasteiger partial charge in [-0.1, -0.05) is 6.07 Å². The van der Waals surface area contributed by atoms with Crippen molar-refractivity contribution < 1.29 is 27.0 Å². The van der Waals surface area contributed by atoms with Gasteiger partial charge in [0.25, 0.3) is 0 Å². The Hall–Kier alpha value is -4.29. The first-order chi connectivity index (χ1) is 17.8. The molecule has 13 heteroatoms. The van der Waals surface area contributed by atoms with Crippen LogP contribution in [0.1, 0.15) is 29.4 Å². The Labute approximate surface area is 206 Å². The number of rotatable bonds is 6. The molecule has 1 aliphatic carbocycles. The van der Waals surface area contributed by atoms with Crippen molar-refractivity contribution in [1.29, 1.82) is 0 Å². The average Bonchev–Trinajstić information content (AvgIpc) is 3.43. The lowest BCUT2D eigenvalue weighted by molar-refractivity contribution is -0.142. The number of alkyl halides is 3. The molecule has 0 radical (unpaired) electrons. The van der Waals surface area contributed by atoms with Crippen LogP contribution in [-0.4, -0.2) is 54.7 Å². The quantitative estimate of drug-likeness (QED) is 0.308. The van der Waals surface area contributed by atoms with Gasteiger partial charge in [-0.2, -0.15) is 27.6 Å². The number of imidazole rings is 1. The van der Waals surface area contributed by atoms with Gasteiger partial charge in [-0.25, -0.2) is 14.5 Å². The fraction of sp³-hybridized carbons (Fsp3) is 0.292. The predicted molar refractivity (Wildman–Crippen MR) is 123 cm³/mol. The fourth-order valence-corrected chi connectivity index (χ4v) is 4.70. The Morgan fingerprint density at radius 3 is 2.65 bits per heavy atom. The standard InChI is InChI=1S/C24H19F4N7O2/c1-36-22-17(10-30-23(31-22)37-2)18-9-16(21-29-5-6-34(21)32-18)15-8-14(15)12-3-4-13-19(7-12)35(33-20(13)25)11-24(26,27)28/h3-7,9-10,14-15H,8,11H2,1-2H3/t14-,15+/m0/s1. The van der Waals surface area contributed by atoms with Crippen molar-refractivity contribution in [2.24, 2.45) is 0 Å². The van der Waals surface area contributed by atoms with Crippen molar-refractivity contribution >= 4 is 16.6 Å². The number of benzene rings is 1. The first-order valence-corrected chi connectivity index (χ1v) is 11.3. The molecule has 0 amide bonds. The zero-order chi connectivity index (χ0) is 25.9. The predicted octanol–water partition coefficient (Wildman–Crippen LogP) is 4.53. The molecule has 0 unspecified atom stereocenters. The van der Waals surface area contributed by atoms with E-state index in [-0.39, 0.29) is 28.7 Å². The van der Waals surface area contributed by atoms with Crippen molar-refractivity contribution in [1.82, 2.24) is 34.3 Å². The highest BCUT2D eigenvalue weighted by molar-refractivity contribution is 5.80. The summed E-state index contributed by atoms with van der Waals surface area (Å²) in [7, 11) is 2.94. The molecule has 1 fully saturated rings. The number of hydrogen-bond acceptors (Lipinski definition) is 7. The fourth-order valence-electron chi connectivity index (χ4n) is 4.70. The highest BCUT2D eigenvalue weighted by Gasteiger charge is 2.42. The molecule has 9 nitrogen and oxygen atoms in total. The molecule has 37 heavy (non-hydrogen) atoms. The smallest absolute Gasteiger partial charge is 0.408 e. The molecule has 0 spiro atoms. The molecule has 0 bridgehead atoms. The number of halogens is 4. The van der Waals surface area contributed by atoms with Gasteiger partial charge in [-0.05, 0) is 42.0 Å². The van der Waals surface area contributed by atoms with Crippen molar-refractivity contribution in [3.63, 3.8) is 0 Å². The second-order valence-electron chi connectivity index (χ2n) is 8.75. The summed E-state index contributed by atoms with van der Waals surface area (Å²) >= 11 is 0. The van der Waals surface area contributed by atoms with Gasteiger partial charge in [0.05, 0.1) is 36.4 Å². The van der Waals surface area contributed by atoms with Crippen molar-refractivity contribution in [3.8, 4) is 23.1 Å². The maximum absolute atomic E-state index is 14.2. The zero-order valence-corrected chi connectivity index (χ0v) is 19.6. The number of ether oxygens (including phenoxy) is 2. The molecular weight excluding hydrogens is 494 g/mol. The monoisotopic (exact) mass is 513 g/mol. The molecule has 4 aromatic heterocycles. The van der Waals surface area contributed by atoms with E-state index in [0.717, 1.165) is 17.5 Å². The van der Waals surface area contributed by atoms with Crippen molar-refractivity contribution in [2.75, 3.05) is 14.2 Å². The summed E-state index contributed by atoms with van der Waals surface area (Å²) in [6.07, 6.45) is 1.15. The van der Waals surface area contributed by atoms with E-state index in [1.54, 1.807) is 35.2 Å². The molecule has 1 saturated carbocycles. The zero-order valence-electron chi connectivity index (χ0n) is 19.6. The van der Waals surface area contributed by atoms with E-state index in [9.17, 15) is 17.6 Å². The number of nitrogens with zero attached hydrogens (tertiary/aromatic N) is 7. The first kappa shape index (κ1) is 23.1. The van der Waals surface area contributed by atoms with E-state index >= 15 is 0 Å². The molecule has 0 aliphatic heterocycles. The summed E-state index contributed by atoms with van der Waals surface area (Å²) in [5.41, 5.74) is 3.61. The minimum absolute atomic E-state index is 0.00598. The van der Waals surface area contributed by atoms with Crippen LogP contribution >= 0.6 is 0 Å². The minimum Gasteiger partial charge on any atom is -0.480 e. The second kappa shape index (κ2) is 8.39. The Balaban J connectivity index is 1.38. The maximum Gasteiger partial charge on any atom is 0.408 e. The van der Waals surface area contributed by atoms with Crippen LogP contribution in [0.4, 0.5) is 17.6 Å². The Bertz CT molecular complexity index is 1650. The Kier molecular flexibility index (Phi) is 5.24. The minimum atomic E-state index is -4.52. The van der Waals surface area contributed by atoms with Crippen LogP contribution in [0.5, 0.6) is 11.9 Å². The van der Waals surface area contributed by atoms with Crippen LogP contribution in [0.25, 0.3) is 27.8 Å². The van der Waals surface area contributed by atoms with Crippen LogP contribution in [0.3, 0.4) is 0 Å². The lowest BCUT2D eigenvalue weighted by Gasteiger charge is -2.11. The summed E-state index contributed by atoms with van der Waals surface area (Å²) in [5, 5.41) is 8.13. The van der Waals surface area contributed by atoms with Gasteiger partial charge in [-0.3, -0.25) is 4.68 Å². The highest BCUT2D eigenvalue weighted by atomic mass is 19.4. The third-order valence-electron chi connectivity index (χ3n) is 6.45. The van der Waals surface area contributed by atoms with E-state index in [2.05, 4.69) is 25.1 Å². The SMILES string of the molecule is COc1ncc(-c2cc([C@@H]3C[C@H]3c3ccc4c(F)nn(CC(F)(F)F)c4c3)c3nccn3n2)c(OC)n1. The van der Waals surface area contributed by atoms with Crippen LogP contribution in [-0.2, 0) is 6.54 Å². The maximum atomic E-state index is 14.2. The van der Waals surface area contributed by atoms with E-state index in [1.807, 2.05) is 6.07 Å². The summed E-state index contributed by atoms with van der Waals surface area (Å²) in [6, 6.07) is 6.86. The number of fused-ring (bicyclic) bond motifs is 2. The topological polar surface area (TPSA) is 92.3 Å². The molecule has 1 aromatic carbocycles. The van der Waals surface area contributed by atoms with Gasteiger partial charge in [0.15, 0.2) is 5.65 Å². The van der Waals surface area contributed by atoms with Crippen LogP contribution in [0.15, 0.2) is 42.9 Å². The number of hydrogen-bond donors (Lipinski definition) is 0. The number of aromatic nitrogens is 7. The molecular formula is C24H19F4N7O2.